The summed E-state index contributed by atoms with van der Waals surface area (Å²) in [4.78, 5) is 97.7. The van der Waals surface area contributed by atoms with Gasteiger partial charge in [-0.2, -0.15) is 0 Å². The van der Waals surface area contributed by atoms with Crippen LogP contribution in [0.5, 0.6) is 0 Å². The van der Waals surface area contributed by atoms with Gasteiger partial charge < -0.3 is 0 Å². The Kier molecular flexibility index (Phi) is 8.74. The van der Waals surface area contributed by atoms with E-state index < -0.39 is 41.2 Å². The highest BCUT2D eigenvalue weighted by Gasteiger charge is 2.36. The maximum absolute atomic E-state index is 12.6. The summed E-state index contributed by atoms with van der Waals surface area (Å²) in [5.74, 6) is -10.3. The number of benzene rings is 2. The average Bonchev–Trinajstić information content (AvgIpc) is 3.22. The fourth-order valence-electron chi connectivity index (χ4n) is 3.03. The zero-order valence-corrected chi connectivity index (χ0v) is 21.4. The predicted molar refractivity (Wildman–Crippen MR) is 135 cm³/mol. The van der Waals surface area contributed by atoms with Gasteiger partial charge in [-0.15, -0.1) is 0 Å². The zero-order chi connectivity index (χ0) is 28.3. The van der Waals surface area contributed by atoms with Crippen molar-refractivity contribution in [2.45, 2.75) is 6.42 Å². The van der Waals surface area contributed by atoms with Crippen LogP contribution in [0.4, 0.5) is 17.1 Å². The number of carbonyl (C=O) groups excluding carboxylic acids is 8. The molecule has 12 nitrogen and oxygen atoms in total. The standard InChI is InChI=1S/C22H10Cl4N4O8/c23-9-3-12(25)18(13(26)4-9)30-17(34)6-16(28-30)27-14-5-10(1-2-11(14)24)29(8-32)22(38)21(37)20(36)19(35)15(33)7-31/h1-5,7-8H,6H2,(H,27,28). The quantitative estimate of drug-likeness (QED) is 0.258. The molecule has 0 aliphatic carbocycles. The van der Waals surface area contributed by atoms with E-state index in [9.17, 15) is 38.4 Å². The third-order valence-corrected chi connectivity index (χ3v) is 5.85. The van der Waals surface area contributed by atoms with Crippen molar-refractivity contribution in [3.8, 4) is 0 Å². The van der Waals surface area contributed by atoms with Crippen molar-refractivity contribution >= 4 is 117 Å². The van der Waals surface area contributed by atoms with E-state index in [0.717, 1.165) is 17.1 Å². The van der Waals surface area contributed by atoms with Crippen molar-refractivity contribution in [2.75, 3.05) is 9.91 Å². The van der Waals surface area contributed by atoms with E-state index in [0.29, 0.717) is 0 Å². The lowest BCUT2D eigenvalue weighted by Gasteiger charge is -2.19. The van der Waals surface area contributed by atoms with E-state index in [2.05, 4.69) is 10.4 Å². The van der Waals surface area contributed by atoms with Crippen LogP contribution in [0, 0.1) is 0 Å². The molecule has 38 heavy (non-hydrogen) atoms. The summed E-state index contributed by atoms with van der Waals surface area (Å²) in [6.45, 7) is 0. The number of amidine groups is 1. The lowest BCUT2D eigenvalue weighted by molar-refractivity contribution is -0.151. The molecule has 0 saturated carbocycles. The number of nitrogens with zero attached hydrogens (tertiary/aromatic N) is 3. The van der Waals surface area contributed by atoms with Gasteiger partial charge in [0, 0.05) is 5.02 Å². The first-order valence-corrected chi connectivity index (χ1v) is 11.4. The molecule has 0 atom stereocenters. The Morgan fingerprint density at radius 1 is 0.895 bits per heavy atom. The highest BCUT2D eigenvalue weighted by Crippen LogP contribution is 2.37. The fraction of sp³-hybridized carbons (Fsp3) is 0.0455. The van der Waals surface area contributed by atoms with Gasteiger partial charge in [0.05, 0.1) is 32.9 Å². The second kappa shape index (κ2) is 11.6. The third kappa shape index (κ3) is 5.78. The summed E-state index contributed by atoms with van der Waals surface area (Å²) in [5, 5.41) is 1.39. The van der Waals surface area contributed by atoms with E-state index >= 15 is 0 Å². The second-order valence-corrected chi connectivity index (χ2v) is 8.84. The largest absolute Gasteiger partial charge is 0.309 e. The van der Waals surface area contributed by atoms with Crippen molar-refractivity contribution in [2.24, 2.45) is 4.99 Å². The van der Waals surface area contributed by atoms with E-state index in [1.165, 1.54) is 18.2 Å². The summed E-state index contributed by atoms with van der Waals surface area (Å²) < 4.78 is 0. The third-order valence-electron chi connectivity index (χ3n) is 4.74. The molecule has 0 radical (unpaired) electrons. The van der Waals surface area contributed by atoms with E-state index in [1.54, 1.807) is 0 Å². The Balaban J connectivity index is 1.90. The van der Waals surface area contributed by atoms with Crippen LogP contribution in [0.2, 0.25) is 20.1 Å². The molecule has 1 heterocycles. The number of aldehydes is 1. The minimum absolute atomic E-state index is 0.0102. The molecule has 0 spiro atoms. The number of hydrazine groups is 1. The van der Waals surface area contributed by atoms with Crippen LogP contribution >= 0.6 is 46.4 Å². The highest BCUT2D eigenvalue weighted by atomic mass is 35.5. The normalized spacial score (nSPS) is 13.6. The number of hydrogen-bond acceptors (Lipinski definition) is 9. The Bertz CT molecular complexity index is 1470. The molecular weight excluding hydrogens is 590 g/mol. The number of nitrogens with one attached hydrogen (secondary N) is 1. The van der Waals surface area contributed by atoms with Crippen molar-refractivity contribution in [1.29, 1.82) is 0 Å². The van der Waals surface area contributed by atoms with E-state index in [1.807, 2.05) is 0 Å². The lowest BCUT2D eigenvalue weighted by atomic mass is 10.1. The Hall–Kier alpha value is -3.97. The molecule has 2 aromatic rings. The van der Waals surface area contributed by atoms with Gasteiger partial charge >= 0.3 is 5.91 Å². The number of halogens is 4. The van der Waals surface area contributed by atoms with Crippen LogP contribution in [0.25, 0.3) is 0 Å². The molecule has 1 fully saturated rings. The maximum atomic E-state index is 12.6. The lowest BCUT2D eigenvalue weighted by Crippen LogP contribution is -2.43. The maximum Gasteiger partial charge on any atom is 0.309 e. The van der Waals surface area contributed by atoms with Crippen molar-refractivity contribution < 1.29 is 38.4 Å². The number of anilines is 2. The van der Waals surface area contributed by atoms with Crippen molar-refractivity contribution in [1.82, 2.24) is 5.43 Å². The van der Waals surface area contributed by atoms with Gasteiger partial charge in [-0.3, -0.25) is 43.8 Å². The first-order chi connectivity index (χ1) is 17.9. The van der Waals surface area contributed by atoms with Gasteiger partial charge in [0.25, 0.3) is 29.0 Å². The number of imide groups is 1. The molecule has 1 N–H and O–H groups in total. The summed E-state index contributed by atoms with van der Waals surface area (Å²) >= 11 is 24.4. The Morgan fingerprint density at radius 3 is 2.11 bits per heavy atom. The average molecular weight is 600 g/mol. The van der Waals surface area contributed by atoms with Crippen LogP contribution in [0.1, 0.15) is 6.42 Å². The van der Waals surface area contributed by atoms with Gasteiger partial charge in [0.15, 0.2) is 6.29 Å². The highest BCUT2D eigenvalue weighted by molar-refractivity contribution is 6.91. The number of rotatable bonds is 9. The summed E-state index contributed by atoms with van der Waals surface area (Å²) in [7, 11) is 0. The van der Waals surface area contributed by atoms with Crippen LogP contribution in [0.3, 0.4) is 0 Å². The van der Waals surface area contributed by atoms with E-state index in [4.69, 9.17) is 46.4 Å². The van der Waals surface area contributed by atoms with E-state index in [-0.39, 0.29) is 60.7 Å². The van der Waals surface area contributed by atoms with Gasteiger partial charge in [-0.05, 0) is 30.3 Å². The van der Waals surface area contributed by atoms with Gasteiger partial charge in [0.1, 0.15) is 11.5 Å². The summed E-state index contributed by atoms with van der Waals surface area (Å²) in [6.07, 6.45) is -0.910. The SMILES string of the molecule is O=CC(=O)C(=O)C(=O)C(=O)C(=O)N(C=O)c1ccc(Cl)c(N=C2CC(=O)N(c3c(Cl)cc(Cl)cc3Cl)N2)c1. The first kappa shape index (κ1) is 28.6. The van der Waals surface area contributed by atoms with Crippen LogP contribution < -0.4 is 15.3 Å². The number of carbonyl (C=O) groups is 8. The number of ketones is 4. The number of hydrogen-bond donors (Lipinski definition) is 1. The number of Topliss-reactive ketones (excluding diaryl/α,β-unsaturated/α-hetero) is 4. The molecule has 0 unspecified atom stereocenters. The van der Waals surface area contributed by atoms with Crippen LogP contribution in [-0.4, -0.2) is 53.5 Å². The minimum atomic E-state index is -2.10. The number of amides is 3. The molecule has 1 aliphatic heterocycles. The molecule has 0 aromatic heterocycles. The van der Waals surface area contributed by atoms with Crippen LogP contribution in [0.15, 0.2) is 35.3 Å². The molecule has 2 aromatic carbocycles. The zero-order valence-electron chi connectivity index (χ0n) is 18.4. The van der Waals surface area contributed by atoms with Crippen LogP contribution in [-0.2, 0) is 38.4 Å². The molecule has 3 amide bonds. The smallest absolute Gasteiger partial charge is 0.294 e. The first-order valence-electron chi connectivity index (χ1n) is 9.91. The number of aliphatic imine (C=N–C) groups is 1. The Morgan fingerprint density at radius 2 is 1.53 bits per heavy atom. The minimum Gasteiger partial charge on any atom is -0.294 e. The molecule has 0 bridgehead atoms. The molecular formula is C22H10Cl4N4O8. The molecule has 1 saturated heterocycles. The fourth-order valence-corrected chi connectivity index (χ4v) is 4.18. The summed E-state index contributed by atoms with van der Waals surface area (Å²) in [5.41, 5.74) is 2.41. The molecule has 16 heteroatoms. The van der Waals surface area contributed by atoms with Crippen molar-refractivity contribution in [3.05, 3.63) is 50.4 Å². The predicted octanol–water partition coefficient (Wildman–Crippen LogP) is 2.24. The van der Waals surface area contributed by atoms with Crippen molar-refractivity contribution in [3.63, 3.8) is 0 Å². The Labute approximate surface area is 232 Å². The van der Waals surface area contributed by atoms with Gasteiger partial charge in [0.2, 0.25) is 6.41 Å². The topological polar surface area (TPSA) is 167 Å². The molecule has 3 rings (SSSR count). The summed E-state index contributed by atoms with van der Waals surface area (Å²) in [6, 6.07) is 6.10. The van der Waals surface area contributed by atoms with Gasteiger partial charge in [-0.25, -0.2) is 14.9 Å². The second-order valence-electron chi connectivity index (χ2n) is 7.18. The van der Waals surface area contributed by atoms with Gasteiger partial charge in [-0.1, -0.05) is 46.4 Å². The molecule has 194 valence electrons. The molecule has 1 aliphatic rings. The monoisotopic (exact) mass is 598 g/mol.